The predicted molar refractivity (Wildman–Crippen MR) is 102 cm³/mol. The molecule has 1 heterocycles. The molecule has 0 saturated carbocycles. The van der Waals surface area contributed by atoms with Gasteiger partial charge < -0.3 is 9.84 Å². The summed E-state index contributed by atoms with van der Waals surface area (Å²) < 4.78 is 5.17. The number of ether oxygens (including phenoxy) is 1. The Morgan fingerprint density at radius 3 is 2.41 bits per heavy atom. The highest BCUT2D eigenvalue weighted by atomic mass is 35.5. The van der Waals surface area contributed by atoms with E-state index in [9.17, 15) is 9.59 Å². The largest absolute Gasteiger partial charge is 0.497 e. The van der Waals surface area contributed by atoms with E-state index in [2.05, 4.69) is 5.10 Å². The zero-order valence-electron chi connectivity index (χ0n) is 14.8. The Bertz CT molecular complexity index is 863. The summed E-state index contributed by atoms with van der Waals surface area (Å²) in [5.74, 6) is -0.591. The molecule has 140 valence electrons. The van der Waals surface area contributed by atoms with Gasteiger partial charge in [0, 0.05) is 17.9 Å². The van der Waals surface area contributed by atoms with Gasteiger partial charge in [-0.3, -0.25) is 9.59 Å². The number of aliphatic carboxylic acids is 1. The summed E-state index contributed by atoms with van der Waals surface area (Å²) in [5, 5.41) is 15.4. The van der Waals surface area contributed by atoms with Crippen LogP contribution < -0.4 is 4.74 Å². The van der Waals surface area contributed by atoms with Crippen molar-refractivity contribution in [2.75, 3.05) is 7.11 Å². The number of nitrogens with zero attached hydrogens (tertiary/aromatic N) is 2. The molecule has 1 atom stereocenters. The van der Waals surface area contributed by atoms with Crippen molar-refractivity contribution in [3.05, 3.63) is 64.7 Å². The summed E-state index contributed by atoms with van der Waals surface area (Å²) in [6, 6.07) is 14.4. The van der Waals surface area contributed by atoms with Crippen LogP contribution in [0.15, 0.2) is 53.6 Å². The van der Waals surface area contributed by atoms with Crippen LogP contribution >= 0.6 is 11.6 Å². The lowest BCUT2D eigenvalue weighted by Crippen LogP contribution is -2.27. The van der Waals surface area contributed by atoms with Crippen LogP contribution in [0.1, 0.15) is 36.4 Å². The highest BCUT2D eigenvalue weighted by molar-refractivity contribution is 6.30. The average molecular weight is 387 g/mol. The van der Waals surface area contributed by atoms with Gasteiger partial charge in [0.2, 0.25) is 5.91 Å². The number of carboxylic acids is 1. The zero-order chi connectivity index (χ0) is 19.4. The molecule has 1 aliphatic rings. The quantitative estimate of drug-likeness (QED) is 0.816. The molecule has 7 heteroatoms. The molecular weight excluding hydrogens is 368 g/mol. The van der Waals surface area contributed by atoms with E-state index in [4.69, 9.17) is 21.4 Å². The molecular formula is C20H19ClN2O4. The summed E-state index contributed by atoms with van der Waals surface area (Å²) >= 11 is 5.97. The van der Waals surface area contributed by atoms with Crippen LogP contribution in [0.4, 0.5) is 0 Å². The lowest BCUT2D eigenvalue weighted by Gasteiger charge is -2.22. The van der Waals surface area contributed by atoms with Crippen molar-refractivity contribution in [3.8, 4) is 5.75 Å². The Balaban J connectivity index is 1.88. The van der Waals surface area contributed by atoms with E-state index in [1.54, 1.807) is 19.2 Å². The van der Waals surface area contributed by atoms with Crippen molar-refractivity contribution < 1.29 is 19.4 Å². The molecule has 6 nitrogen and oxygen atoms in total. The number of halogens is 1. The van der Waals surface area contributed by atoms with E-state index >= 15 is 0 Å². The second-order valence-corrected chi connectivity index (χ2v) is 6.62. The first kappa shape index (κ1) is 18.9. The minimum atomic E-state index is -1.01. The first-order valence-corrected chi connectivity index (χ1v) is 8.87. The number of hydrogen-bond acceptors (Lipinski definition) is 4. The molecule has 1 amide bonds. The maximum Gasteiger partial charge on any atom is 0.303 e. The molecule has 1 aliphatic heterocycles. The maximum absolute atomic E-state index is 12.6. The molecule has 2 aromatic rings. The third-order valence-electron chi connectivity index (χ3n) is 4.40. The van der Waals surface area contributed by atoms with Crippen LogP contribution in [0.5, 0.6) is 5.75 Å². The molecule has 0 unspecified atom stereocenters. The number of benzene rings is 2. The molecule has 27 heavy (non-hydrogen) atoms. The van der Waals surface area contributed by atoms with Crippen LogP contribution in [-0.2, 0) is 9.59 Å². The lowest BCUT2D eigenvalue weighted by molar-refractivity contribution is -0.141. The molecule has 0 spiro atoms. The molecule has 1 N–H and O–H groups in total. The van der Waals surface area contributed by atoms with Crippen molar-refractivity contribution in [1.29, 1.82) is 0 Å². The number of methoxy groups -OCH3 is 1. The smallest absolute Gasteiger partial charge is 0.303 e. The Morgan fingerprint density at radius 2 is 1.81 bits per heavy atom. The summed E-state index contributed by atoms with van der Waals surface area (Å²) in [6.45, 7) is 0. The second-order valence-electron chi connectivity index (χ2n) is 6.18. The topological polar surface area (TPSA) is 79.2 Å². The van der Waals surface area contributed by atoms with Gasteiger partial charge in [0.25, 0.3) is 0 Å². The fourth-order valence-corrected chi connectivity index (χ4v) is 3.10. The Kier molecular flexibility index (Phi) is 5.76. The van der Waals surface area contributed by atoms with Gasteiger partial charge in [-0.2, -0.15) is 5.10 Å². The number of hydrazone groups is 1. The molecule has 2 aromatic carbocycles. The molecule has 0 bridgehead atoms. The molecule has 0 radical (unpaired) electrons. The van der Waals surface area contributed by atoms with Gasteiger partial charge in [0.1, 0.15) is 5.75 Å². The van der Waals surface area contributed by atoms with E-state index in [1.807, 2.05) is 36.4 Å². The van der Waals surface area contributed by atoms with Crippen LogP contribution in [0.3, 0.4) is 0 Å². The summed E-state index contributed by atoms with van der Waals surface area (Å²) in [6.07, 6.45) is 0.210. The first-order valence-electron chi connectivity index (χ1n) is 8.49. The van der Waals surface area contributed by atoms with Crippen LogP contribution in [0.25, 0.3) is 0 Å². The van der Waals surface area contributed by atoms with Gasteiger partial charge in [-0.15, -0.1) is 0 Å². The highest BCUT2D eigenvalue weighted by Crippen LogP contribution is 2.34. The zero-order valence-corrected chi connectivity index (χ0v) is 15.5. The number of amides is 1. The minimum Gasteiger partial charge on any atom is -0.497 e. The van der Waals surface area contributed by atoms with Crippen molar-refractivity contribution in [2.24, 2.45) is 5.10 Å². The van der Waals surface area contributed by atoms with Crippen LogP contribution in [-0.4, -0.2) is 34.8 Å². The molecule has 0 saturated heterocycles. The number of carboxylic acid groups (broad SMARTS) is 1. The Hall–Kier alpha value is -2.86. The monoisotopic (exact) mass is 386 g/mol. The number of carbonyl (C=O) groups is 2. The summed E-state index contributed by atoms with van der Waals surface area (Å²) in [7, 11) is 1.60. The van der Waals surface area contributed by atoms with E-state index < -0.39 is 5.97 Å². The van der Waals surface area contributed by atoms with Gasteiger partial charge in [-0.25, -0.2) is 5.01 Å². The molecule has 0 fully saturated rings. The van der Waals surface area contributed by atoms with Gasteiger partial charge >= 0.3 is 5.97 Å². The normalized spacial score (nSPS) is 16.1. The number of rotatable bonds is 6. The minimum absolute atomic E-state index is 0.0984. The molecule has 0 aliphatic carbocycles. The molecule has 3 rings (SSSR count). The average Bonchev–Trinajstić information content (AvgIpc) is 3.12. The third-order valence-corrected chi connectivity index (χ3v) is 4.65. The Morgan fingerprint density at radius 1 is 1.15 bits per heavy atom. The number of carbonyl (C=O) groups excluding carboxylic acids is 1. The van der Waals surface area contributed by atoms with Gasteiger partial charge in [0.05, 0.1) is 25.3 Å². The summed E-state index contributed by atoms with van der Waals surface area (Å²) in [4.78, 5) is 23.4. The Labute approximate surface area is 162 Å². The van der Waals surface area contributed by atoms with Gasteiger partial charge in [-0.1, -0.05) is 23.7 Å². The van der Waals surface area contributed by atoms with E-state index in [-0.39, 0.29) is 24.8 Å². The molecule has 0 aromatic heterocycles. The standard InChI is InChI=1S/C20H19ClN2O4/c1-27-16-8-4-13(5-9-16)17-12-18(14-2-6-15(21)7-3-14)23(22-17)19(24)10-11-20(25)26/h2-9,18H,10-12H2,1H3,(H,25,26)/t18-/m1/s1. The third kappa shape index (κ3) is 4.46. The second kappa shape index (κ2) is 8.22. The lowest BCUT2D eigenvalue weighted by atomic mass is 9.98. The SMILES string of the molecule is COc1ccc(C2=NN(C(=O)CCC(=O)O)[C@@H](c3ccc(Cl)cc3)C2)cc1. The number of hydrogen-bond donors (Lipinski definition) is 1. The van der Waals surface area contributed by atoms with E-state index in [0.717, 1.165) is 22.6 Å². The van der Waals surface area contributed by atoms with E-state index in [1.165, 1.54) is 5.01 Å². The maximum atomic E-state index is 12.6. The van der Waals surface area contributed by atoms with E-state index in [0.29, 0.717) is 11.4 Å². The first-order chi connectivity index (χ1) is 13.0. The fourth-order valence-electron chi connectivity index (χ4n) is 2.97. The van der Waals surface area contributed by atoms with Gasteiger partial charge in [0.15, 0.2) is 0 Å². The van der Waals surface area contributed by atoms with Crippen molar-refractivity contribution in [2.45, 2.75) is 25.3 Å². The summed E-state index contributed by atoms with van der Waals surface area (Å²) in [5.41, 5.74) is 2.56. The van der Waals surface area contributed by atoms with Crippen LogP contribution in [0, 0.1) is 0 Å². The highest BCUT2D eigenvalue weighted by Gasteiger charge is 2.33. The fraction of sp³-hybridized carbons (Fsp3) is 0.250. The van der Waals surface area contributed by atoms with Crippen molar-refractivity contribution >= 4 is 29.2 Å². The van der Waals surface area contributed by atoms with Gasteiger partial charge in [-0.05, 0) is 47.5 Å². The van der Waals surface area contributed by atoms with Crippen molar-refractivity contribution in [3.63, 3.8) is 0 Å². The van der Waals surface area contributed by atoms with Crippen LogP contribution in [0.2, 0.25) is 5.02 Å². The predicted octanol–water partition coefficient (Wildman–Crippen LogP) is 3.89. The van der Waals surface area contributed by atoms with Crippen molar-refractivity contribution in [1.82, 2.24) is 5.01 Å².